The van der Waals surface area contributed by atoms with Crippen LogP contribution < -0.4 is 4.57 Å². The fourth-order valence-electron chi connectivity index (χ4n) is 1.12. The molecule has 0 spiro atoms. The second-order valence-corrected chi connectivity index (χ2v) is 3.27. The van der Waals surface area contributed by atoms with E-state index >= 15 is 0 Å². The molecule has 0 saturated heterocycles. The Morgan fingerprint density at radius 2 is 1.88 bits per heavy atom. The molecule has 1 aromatic rings. The fraction of sp³-hybridized carbons (Fsp3) is 0.625. The molecule has 0 aliphatic rings. The lowest BCUT2D eigenvalue weighted by Gasteiger charge is -1.94. The van der Waals surface area contributed by atoms with Gasteiger partial charge in [-0.15, -0.1) is 0 Å². The lowest BCUT2D eigenvalue weighted by molar-refractivity contribution is -0.680. The van der Waals surface area contributed by atoms with Crippen LogP contribution in [0.3, 0.4) is 0 Å². The normalized spacial score (nSPS) is 10.9. The molecule has 0 amide bonds. The first kappa shape index (κ1) is 14.8. The number of aromatic nitrogens is 2. The summed E-state index contributed by atoms with van der Waals surface area (Å²) in [6, 6.07) is 0. The number of imidazole rings is 1. The summed E-state index contributed by atoms with van der Waals surface area (Å²) in [5.74, 6) is 0.965. The lowest BCUT2D eigenvalue weighted by Crippen LogP contribution is -2.31. The summed E-state index contributed by atoms with van der Waals surface area (Å²) in [6.45, 7) is 2.14. The van der Waals surface area contributed by atoms with Gasteiger partial charge in [-0.3, -0.25) is 0 Å². The van der Waals surface area contributed by atoms with Gasteiger partial charge in [0.1, 0.15) is 6.20 Å². The molecule has 1 rings (SSSR count). The van der Waals surface area contributed by atoms with Crippen LogP contribution in [-0.4, -0.2) is 17.2 Å². The molecule has 0 fully saturated rings. The van der Waals surface area contributed by atoms with Gasteiger partial charge in [0.05, 0.1) is 13.5 Å². The van der Waals surface area contributed by atoms with Gasteiger partial charge >= 0.3 is 7.25 Å². The van der Waals surface area contributed by atoms with Crippen LogP contribution >= 0.6 is 0 Å². The average molecular weight is 242 g/mol. The first-order chi connectivity index (χ1) is 7.25. The summed E-state index contributed by atoms with van der Waals surface area (Å²) >= 11 is 0. The first-order valence-corrected chi connectivity index (χ1v) is 4.88. The van der Waals surface area contributed by atoms with Gasteiger partial charge in [-0.1, -0.05) is 18.1 Å². The molecule has 0 aliphatic heterocycles. The molecule has 1 N–H and O–H groups in total. The summed E-state index contributed by atoms with van der Waals surface area (Å²) in [5.41, 5.74) is 0. The fourth-order valence-corrected chi connectivity index (χ4v) is 1.12. The van der Waals surface area contributed by atoms with Crippen molar-refractivity contribution in [1.82, 2.24) is 4.73 Å². The quantitative estimate of drug-likeness (QED) is 0.374. The van der Waals surface area contributed by atoms with Crippen molar-refractivity contribution in [2.24, 2.45) is 7.05 Å². The molecule has 8 heteroatoms. The molecule has 0 saturated carbocycles. The minimum atomic E-state index is -6.00. The molecule has 0 aromatic carbocycles. The lowest BCUT2D eigenvalue weighted by atomic mass is 10.2. The van der Waals surface area contributed by atoms with Crippen LogP contribution in [0.4, 0.5) is 17.3 Å². The third kappa shape index (κ3) is 7.13. The van der Waals surface area contributed by atoms with Crippen LogP contribution in [0, 0.1) is 0 Å². The Hall–Kier alpha value is -1.21. The van der Waals surface area contributed by atoms with Crippen molar-refractivity contribution in [2.75, 3.05) is 0 Å². The van der Waals surface area contributed by atoms with Crippen molar-refractivity contribution < 1.29 is 27.0 Å². The molecule has 0 bridgehead atoms. The Morgan fingerprint density at radius 1 is 1.38 bits per heavy atom. The molecular weight excluding hydrogens is 227 g/mol. The maximum absolute atomic E-state index is 9.75. The van der Waals surface area contributed by atoms with Crippen LogP contribution in [0.15, 0.2) is 12.4 Å². The summed E-state index contributed by atoms with van der Waals surface area (Å²) < 4.78 is 42.1. The van der Waals surface area contributed by atoms with E-state index in [-0.39, 0.29) is 0 Å². The Labute approximate surface area is 91.4 Å². The van der Waals surface area contributed by atoms with Gasteiger partial charge in [-0.25, -0.2) is 4.57 Å². The third-order valence-electron chi connectivity index (χ3n) is 1.86. The van der Waals surface area contributed by atoms with Gasteiger partial charge in [-0.05, 0) is 6.42 Å². The highest BCUT2D eigenvalue weighted by molar-refractivity contribution is 6.50. The Morgan fingerprint density at radius 3 is 2.19 bits per heavy atom. The minimum absolute atomic E-state index is 0.941. The van der Waals surface area contributed by atoms with E-state index in [9.17, 15) is 22.5 Å². The van der Waals surface area contributed by atoms with Crippen LogP contribution in [-0.2, 0) is 13.5 Å². The molecular formula is C8H15BF4N2O. The van der Waals surface area contributed by atoms with Gasteiger partial charge in [0, 0.05) is 0 Å². The molecule has 16 heavy (non-hydrogen) atoms. The van der Waals surface area contributed by atoms with Gasteiger partial charge in [-0.2, -0.15) is 0 Å². The zero-order chi connectivity index (χ0) is 12.8. The Kier molecular flexibility index (Phi) is 5.91. The summed E-state index contributed by atoms with van der Waals surface area (Å²) in [4.78, 5) is 0. The predicted molar refractivity (Wildman–Crippen MR) is 51.6 cm³/mol. The number of unbranched alkanes of at least 4 members (excludes halogenated alkanes) is 1. The van der Waals surface area contributed by atoms with E-state index in [0.29, 0.717) is 0 Å². The predicted octanol–water partition coefficient (Wildman–Crippen LogP) is 2.19. The highest BCUT2D eigenvalue weighted by Gasteiger charge is 2.20. The second kappa shape index (κ2) is 6.39. The van der Waals surface area contributed by atoms with Crippen molar-refractivity contribution in [3.63, 3.8) is 0 Å². The maximum atomic E-state index is 9.75. The van der Waals surface area contributed by atoms with Gasteiger partial charge in [0.2, 0.25) is 0 Å². The number of hydrogen-bond donors (Lipinski definition) is 1. The third-order valence-corrected chi connectivity index (χ3v) is 1.86. The zero-order valence-corrected chi connectivity index (χ0v) is 9.21. The molecule has 3 nitrogen and oxygen atoms in total. The van der Waals surface area contributed by atoms with E-state index in [4.69, 9.17) is 0 Å². The number of aryl methyl sites for hydroxylation is 1. The molecule has 1 aromatic heterocycles. The number of nitrogens with zero attached hydrogens (tertiary/aromatic N) is 2. The maximum Gasteiger partial charge on any atom is 0.673 e. The van der Waals surface area contributed by atoms with Crippen molar-refractivity contribution in [1.29, 1.82) is 0 Å². The Balaban J connectivity index is 0.000000385. The van der Waals surface area contributed by atoms with Crippen LogP contribution in [0.1, 0.15) is 25.6 Å². The van der Waals surface area contributed by atoms with Crippen LogP contribution in [0.5, 0.6) is 0 Å². The van der Waals surface area contributed by atoms with Gasteiger partial charge in [0.25, 0.3) is 5.82 Å². The summed E-state index contributed by atoms with van der Waals surface area (Å²) in [6.07, 6.45) is 6.73. The highest BCUT2D eigenvalue weighted by Crippen LogP contribution is 2.06. The van der Waals surface area contributed by atoms with E-state index in [1.807, 2.05) is 17.8 Å². The number of hydrogen-bond acceptors (Lipinski definition) is 1. The van der Waals surface area contributed by atoms with E-state index < -0.39 is 7.25 Å². The van der Waals surface area contributed by atoms with E-state index in [1.165, 1.54) is 4.73 Å². The molecule has 0 atom stereocenters. The Bertz CT molecular complexity index is 288. The largest absolute Gasteiger partial charge is 0.673 e. The van der Waals surface area contributed by atoms with Crippen molar-refractivity contribution in [3.8, 4) is 0 Å². The first-order valence-electron chi connectivity index (χ1n) is 4.88. The van der Waals surface area contributed by atoms with Crippen molar-refractivity contribution >= 4 is 7.25 Å². The average Bonchev–Trinajstić information content (AvgIpc) is 2.41. The minimum Gasteiger partial charge on any atom is -0.418 e. The SMILES string of the molecule is CCCCc1n(O)cc[n+]1C.F[B-](F)(F)F. The summed E-state index contributed by atoms with van der Waals surface area (Å²) in [5, 5.41) is 9.25. The monoisotopic (exact) mass is 242 g/mol. The van der Waals surface area contributed by atoms with Crippen LogP contribution in [0.25, 0.3) is 0 Å². The van der Waals surface area contributed by atoms with Gasteiger partial charge in [0.15, 0.2) is 6.20 Å². The highest BCUT2D eigenvalue weighted by atomic mass is 19.5. The molecule has 0 aliphatic carbocycles. The van der Waals surface area contributed by atoms with Crippen molar-refractivity contribution in [2.45, 2.75) is 26.2 Å². The smallest absolute Gasteiger partial charge is 0.418 e. The number of halogens is 4. The van der Waals surface area contributed by atoms with Crippen molar-refractivity contribution in [3.05, 3.63) is 18.2 Å². The zero-order valence-electron chi connectivity index (χ0n) is 9.21. The molecule has 1 heterocycles. The molecule has 94 valence electrons. The van der Waals surface area contributed by atoms with E-state index in [0.717, 1.165) is 25.1 Å². The number of rotatable bonds is 3. The van der Waals surface area contributed by atoms with E-state index in [2.05, 4.69) is 6.92 Å². The van der Waals surface area contributed by atoms with Crippen LogP contribution in [0.2, 0.25) is 0 Å². The standard InChI is InChI=1S/C8H15N2O.BF4/c1-3-4-5-8-9(2)6-7-10(8)11;2-1(3,4)5/h6-7,11H,3-5H2,1-2H3;/q+1;-1. The topological polar surface area (TPSA) is 29.0 Å². The van der Waals surface area contributed by atoms with E-state index in [1.54, 1.807) is 6.20 Å². The molecule has 0 radical (unpaired) electrons. The van der Waals surface area contributed by atoms with Gasteiger partial charge < -0.3 is 22.5 Å². The summed E-state index contributed by atoms with van der Waals surface area (Å²) in [7, 11) is -4.06. The second-order valence-electron chi connectivity index (χ2n) is 3.27. The molecule has 0 unspecified atom stereocenters.